The van der Waals surface area contributed by atoms with Crippen molar-refractivity contribution < 1.29 is 18.6 Å². The topological polar surface area (TPSA) is 89.0 Å². The van der Waals surface area contributed by atoms with Gasteiger partial charge in [-0.15, -0.1) is 0 Å². The summed E-state index contributed by atoms with van der Waals surface area (Å²) in [6, 6.07) is 0. The molecule has 0 heterocycles. The number of unbranched alkanes of at least 4 members (excludes halogenated alkanes) is 2. The summed E-state index contributed by atoms with van der Waals surface area (Å²) in [6.07, 6.45) is 5.76. The van der Waals surface area contributed by atoms with E-state index in [1.807, 2.05) is 27.4 Å². The van der Waals surface area contributed by atoms with Crippen molar-refractivity contribution in [2.24, 2.45) is 4.99 Å². The third-order valence-corrected chi connectivity index (χ3v) is 4.30. The Bertz CT molecular complexity index is 370. The Morgan fingerprint density at radius 3 is 2.00 bits per heavy atom. The molecule has 8 heteroatoms. The van der Waals surface area contributed by atoms with Crippen molar-refractivity contribution in [2.75, 3.05) is 26.3 Å². The summed E-state index contributed by atoms with van der Waals surface area (Å²) in [6.45, 7) is 9.17. The van der Waals surface area contributed by atoms with Crippen LogP contribution in [0, 0.1) is 0 Å². The Balaban J connectivity index is 4.40. The van der Waals surface area contributed by atoms with E-state index in [9.17, 15) is 9.59 Å². The zero-order chi connectivity index (χ0) is 18.9. The molecule has 146 valence electrons. The Kier molecular flexibility index (Phi) is 15.5. The van der Waals surface area contributed by atoms with Crippen molar-refractivity contribution in [1.82, 2.24) is 10.6 Å². The molecule has 0 aliphatic heterocycles. The minimum Gasteiger partial charge on any atom is -0.437 e. The van der Waals surface area contributed by atoms with Crippen LogP contribution in [0.4, 0.5) is 0 Å². The molecule has 2 N–H and O–H groups in total. The third-order valence-electron chi connectivity index (χ3n) is 3.32. The maximum Gasteiger partial charge on any atom is 0.228 e. The lowest BCUT2D eigenvalue weighted by molar-refractivity contribution is -0.121. The average Bonchev–Trinajstić information content (AvgIpc) is 2.60. The number of hydrogen-bond acceptors (Lipinski definition) is 5. The fraction of sp³-hybridized carbons (Fsp3) is 0.824. The van der Waals surface area contributed by atoms with E-state index in [-0.39, 0.29) is 17.9 Å². The maximum atomic E-state index is 11.8. The monoisotopic (exact) mass is 375 g/mol. The predicted octanol–water partition coefficient (Wildman–Crippen LogP) is 2.99. The number of hydrogen-bond donors (Lipinski definition) is 2. The van der Waals surface area contributed by atoms with Crippen LogP contribution in [0.3, 0.4) is 0 Å². The lowest BCUT2D eigenvalue weighted by Crippen LogP contribution is -2.40. The first-order valence-corrected chi connectivity index (χ1v) is 10.7. The third kappa shape index (κ3) is 14.8. The highest BCUT2D eigenvalue weighted by molar-refractivity contribution is 7.46. The molecule has 0 aromatic rings. The number of amides is 2. The van der Waals surface area contributed by atoms with Crippen LogP contribution < -0.4 is 10.6 Å². The van der Waals surface area contributed by atoms with Crippen LogP contribution in [0.5, 0.6) is 0 Å². The van der Waals surface area contributed by atoms with E-state index < -0.39 is 8.38 Å². The number of carbonyl (C=O) groups excluding carboxylic acids is 2. The summed E-state index contributed by atoms with van der Waals surface area (Å²) in [5.74, 6) is 0.00306. The number of rotatable bonds is 15. The average molecular weight is 375 g/mol. The van der Waals surface area contributed by atoms with Crippen LogP contribution in [0.1, 0.15) is 59.3 Å². The molecular weight excluding hydrogens is 341 g/mol. The highest BCUT2D eigenvalue weighted by atomic mass is 31.2. The van der Waals surface area contributed by atoms with Gasteiger partial charge in [0.05, 0.1) is 6.10 Å². The van der Waals surface area contributed by atoms with Crippen molar-refractivity contribution in [1.29, 1.82) is 0 Å². The molecule has 0 bridgehead atoms. The molecule has 25 heavy (non-hydrogen) atoms. The van der Waals surface area contributed by atoms with Gasteiger partial charge < -0.3 is 19.7 Å². The smallest absolute Gasteiger partial charge is 0.228 e. The minimum absolute atomic E-state index is 0.00153. The van der Waals surface area contributed by atoms with E-state index in [1.165, 1.54) is 6.40 Å². The second kappa shape index (κ2) is 16.3. The van der Waals surface area contributed by atoms with Gasteiger partial charge >= 0.3 is 0 Å². The molecule has 0 aromatic carbocycles. The normalized spacial score (nSPS) is 12.4. The van der Waals surface area contributed by atoms with Gasteiger partial charge in [0, 0.05) is 39.1 Å². The van der Waals surface area contributed by atoms with Crippen LogP contribution in [-0.4, -0.2) is 50.6 Å². The molecule has 7 nitrogen and oxygen atoms in total. The van der Waals surface area contributed by atoms with E-state index in [1.54, 1.807) is 0 Å². The standard InChI is InChI=1S/C17H34N3O4P/c1-5-8-10-16(21)19-12-15(13-20-17(22)11-9-6-2)24-25(4)23-14-18-7-3/h14-15H,5-13H2,1-4H3,(H,19,21)(H,20,22). The molecule has 0 saturated heterocycles. The van der Waals surface area contributed by atoms with E-state index in [0.717, 1.165) is 25.7 Å². The van der Waals surface area contributed by atoms with Crippen molar-refractivity contribution in [3.8, 4) is 0 Å². The molecule has 0 aromatic heterocycles. The van der Waals surface area contributed by atoms with E-state index in [0.29, 0.717) is 32.5 Å². The highest BCUT2D eigenvalue weighted by Gasteiger charge is 2.17. The Morgan fingerprint density at radius 2 is 1.56 bits per heavy atom. The fourth-order valence-electron chi connectivity index (χ4n) is 1.86. The van der Waals surface area contributed by atoms with Crippen LogP contribution in [0.2, 0.25) is 0 Å². The molecule has 0 rings (SSSR count). The van der Waals surface area contributed by atoms with Gasteiger partial charge in [0.1, 0.15) is 0 Å². The van der Waals surface area contributed by atoms with E-state index in [4.69, 9.17) is 9.05 Å². The summed E-state index contributed by atoms with van der Waals surface area (Å²) >= 11 is 0. The molecule has 0 fully saturated rings. The lowest BCUT2D eigenvalue weighted by Gasteiger charge is -2.21. The summed E-state index contributed by atoms with van der Waals surface area (Å²) in [5, 5.41) is 5.73. The zero-order valence-corrected chi connectivity index (χ0v) is 16.9. The van der Waals surface area contributed by atoms with Gasteiger partial charge in [-0.1, -0.05) is 26.7 Å². The highest BCUT2D eigenvalue weighted by Crippen LogP contribution is 2.33. The molecule has 0 aliphatic carbocycles. The van der Waals surface area contributed by atoms with Crippen LogP contribution >= 0.6 is 8.38 Å². The maximum absolute atomic E-state index is 11.8. The Morgan fingerprint density at radius 1 is 1.04 bits per heavy atom. The van der Waals surface area contributed by atoms with Gasteiger partial charge in [-0.3, -0.25) is 14.6 Å². The second-order valence-electron chi connectivity index (χ2n) is 5.69. The van der Waals surface area contributed by atoms with E-state index in [2.05, 4.69) is 15.6 Å². The van der Waals surface area contributed by atoms with E-state index >= 15 is 0 Å². The first-order valence-electron chi connectivity index (χ1n) is 9.12. The number of nitrogens with zero attached hydrogens (tertiary/aromatic N) is 1. The van der Waals surface area contributed by atoms with Gasteiger partial charge in [-0.2, -0.15) is 0 Å². The van der Waals surface area contributed by atoms with Crippen molar-refractivity contribution >= 4 is 26.6 Å². The molecule has 0 aliphatic rings. The van der Waals surface area contributed by atoms with Crippen molar-refractivity contribution in [3.05, 3.63) is 0 Å². The summed E-state index contributed by atoms with van der Waals surface area (Å²) in [4.78, 5) is 27.5. The summed E-state index contributed by atoms with van der Waals surface area (Å²) in [7, 11) is -1.17. The number of aliphatic imine (C=N–C) groups is 1. The lowest BCUT2D eigenvalue weighted by atomic mass is 10.2. The van der Waals surface area contributed by atoms with Gasteiger partial charge in [0.15, 0.2) is 6.40 Å². The number of carbonyl (C=O) groups is 2. The van der Waals surface area contributed by atoms with Gasteiger partial charge in [0.25, 0.3) is 0 Å². The minimum atomic E-state index is -1.17. The second-order valence-corrected chi connectivity index (χ2v) is 6.99. The van der Waals surface area contributed by atoms with Crippen LogP contribution in [0.15, 0.2) is 4.99 Å². The fourth-order valence-corrected chi connectivity index (χ4v) is 2.68. The van der Waals surface area contributed by atoms with Crippen molar-refractivity contribution in [2.45, 2.75) is 65.4 Å². The predicted molar refractivity (Wildman–Crippen MR) is 103 cm³/mol. The molecule has 0 spiro atoms. The Hall–Kier alpha value is -1.20. The summed E-state index contributed by atoms with van der Waals surface area (Å²) < 4.78 is 11.2. The first-order chi connectivity index (χ1) is 12.0. The SMILES string of the molecule is CCCCC(=O)NCC(CNC(=O)CCCC)OP(C)OC=NCC. The molecule has 2 amide bonds. The zero-order valence-electron chi connectivity index (χ0n) is 16.0. The summed E-state index contributed by atoms with van der Waals surface area (Å²) in [5.41, 5.74) is 0. The first kappa shape index (κ1) is 23.8. The van der Waals surface area contributed by atoms with Crippen molar-refractivity contribution in [3.63, 3.8) is 0 Å². The molecule has 1 atom stereocenters. The van der Waals surface area contributed by atoms with Crippen LogP contribution in [0.25, 0.3) is 0 Å². The Labute approximate surface area is 153 Å². The van der Waals surface area contributed by atoms with Crippen LogP contribution in [-0.2, 0) is 18.6 Å². The van der Waals surface area contributed by atoms with Gasteiger partial charge in [0.2, 0.25) is 20.2 Å². The van der Waals surface area contributed by atoms with Gasteiger partial charge in [-0.25, -0.2) is 0 Å². The molecule has 1 unspecified atom stereocenters. The molecule has 0 radical (unpaired) electrons. The molecular formula is C17H34N3O4P. The quantitative estimate of drug-likeness (QED) is 0.262. The van der Waals surface area contributed by atoms with Gasteiger partial charge in [-0.05, 0) is 19.8 Å². The number of nitrogens with one attached hydrogen (secondary N) is 2. The largest absolute Gasteiger partial charge is 0.437 e. The molecule has 0 saturated carbocycles.